The van der Waals surface area contributed by atoms with Gasteiger partial charge in [0.2, 0.25) is 5.91 Å². The van der Waals surface area contributed by atoms with Gasteiger partial charge in [-0.05, 0) is 31.4 Å². The molecular weight excluding hydrogens is 212 g/mol. The predicted octanol–water partition coefficient (Wildman–Crippen LogP) is 2.27. The fourth-order valence-corrected chi connectivity index (χ4v) is 1.72. The lowest BCUT2D eigenvalue weighted by Crippen LogP contribution is -2.25. The molecule has 0 heterocycles. The quantitative estimate of drug-likeness (QED) is 0.843. The van der Waals surface area contributed by atoms with Gasteiger partial charge in [-0.15, -0.1) is 0 Å². The van der Waals surface area contributed by atoms with E-state index in [4.69, 9.17) is 5.26 Å². The highest BCUT2D eigenvalue weighted by Gasteiger charge is 2.02. The summed E-state index contributed by atoms with van der Waals surface area (Å²) in [5.41, 5.74) is 3.77. The Kier molecular flexibility index (Phi) is 5.22. The average molecular weight is 230 g/mol. The molecule has 0 aromatic heterocycles. The minimum atomic E-state index is -0.0451. The number of nitrogens with one attached hydrogen (secondary N) is 1. The molecule has 17 heavy (non-hydrogen) atoms. The standard InChI is InChI=1S/C14H18N2O/c1-11-5-6-13(12(2)10-11)7-9-16-14(17)4-3-8-15/h5-6,10H,3-4,7,9H2,1-2H3,(H,16,17). The number of carbonyl (C=O) groups excluding carboxylic acids is 1. The molecule has 0 atom stereocenters. The van der Waals surface area contributed by atoms with Gasteiger partial charge in [-0.2, -0.15) is 5.26 Å². The van der Waals surface area contributed by atoms with Crippen LogP contribution in [0.25, 0.3) is 0 Å². The van der Waals surface area contributed by atoms with E-state index in [2.05, 4.69) is 37.4 Å². The zero-order valence-electron chi connectivity index (χ0n) is 10.4. The van der Waals surface area contributed by atoms with Gasteiger partial charge in [-0.3, -0.25) is 4.79 Å². The van der Waals surface area contributed by atoms with Gasteiger partial charge < -0.3 is 5.32 Å². The van der Waals surface area contributed by atoms with Crippen LogP contribution in [0.15, 0.2) is 18.2 Å². The first kappa shape index (κ1) is 13.2. The molecule has 1 aromatic rings. The highest BCUT2D eigenvalue weighted by Crippen LogP contribution is 2.10. The van der Waals surface area contributed by atoms with Gasteiger partial charge in [0.25, 0.3) is 0 Å². The molecule has 1 rings (SSSR count). The van der Waals surface area contributed by atoms with Crippen LogP contribution in [0.4, 0.5) is 0 Å². The molecule has 0 radical (unpaired) electrons. The van der Waals surface area contributed by atoms with Crippen molar-refractivity contribution in [2.45, 2.75) is 33.1 Å². The Morgan fingerprint density at radius 2 is 2.18 bits per heavy atom. The SMILES string of the molecule is Cc1ccc(CCNC(=O)CCC#N)c(C)c1. The van der Waals surface area contributed by atoms with Crippen molar-refractivity contribution in [1.29, 1.82) is 5.26 Å². The van der Waals surface area contributed by atoms with Crippen molar-refractivity contribution in [2.24, 2.45) is 0 Å². The maximum Gasteiger partial charge on any atom is 0.221 e. The Balaban J connectivity index is 2.36. The van der Waals surface area contributed by atoms with Crippen molar-refractivity contribution in [3.8, 4) is 6.07 Å². The summed E-state index contributed by atoms with van der Waals surface area (Å²) in [6.45, 7) is 4.79. The number of rotatable bonds is 5. The van der Waals surface area contributed by atoms with Gasteiger partial charge in [-0.1, -0.05) is 23.8 Å². The monoisotopic (exact) mass is 230 g/mol. The Labute approximate surface area is 102 Å². The summed E-state index contributed by atoms with van der Waals surface area (Å²) in [4.78, 5) is 11.3. The lowest BCUT2D eigenvalue weighted by molar-refractivity contribution is -0.120. The predicted molar refractivity (Wildman–Crippen MR) is 67.5 cm³/mol. The van der Waals surface area contributed by atoms with E-state index in [1.807, 2.05) is 6.07 Å². The van der Waals surface area contributed by atoms with E-state index >= 15 is 0 Å². The van der Waals surface area contributed by atoms with E-state index < -0.39 is 0 Å². The number of hydrogen-bond donors (Lipinski definition) is 1. The Morgan fingerprint density at radius 3 is 2.82 bits per heavy atom. The molecule has 0 fully saturated rings. The lowest BCUT2D eigenvalue weighted by Gasteiger charge is -2.07. The fourth-order valence-electron chi connectivity index (χ4n) is 1.72. The molecule has 3 heteroatoms. The molecule has 0 saturated carbocycles. The Hall–Kier alpha value is -1.82. The molecule has 1 aromatic carbocycles. The van der Waals surface area contributed by atoms with Gasteiger partial charge in [0, 0.05) is 19.4 Å². The fraction of sp³-hybridized carbons (Fsp3) is 0.429. The van der Waals surface area contributed by atoms with Crippen LogP contribution >= 0.6 is 0 Å². The second-order valence-electron chi connectivity index (χ2n) is 4.19. The molecule has 0 saturated heterocycles. The van der Waals surface area contributed by atoms with E-state index in [1.54, 1.807) is 0 Å². The highest BCUT2D eigenvalue weighted by atomic mass is 16.1. The summed E-state index contributed by atoms with van der Waals surface area (Å²) in [7, 11) is 0. The molecule has 90 valence electrons. The van der Waals surface area contributed by atoms with Gasteiger partial charge >= 0.3 is 0 Å². The zero-order chi connectivity index (χ0) is 12.7. The van der Waals surface area contributed by atoms with E-state index in [0.29, 0.717) is 13.0 Å². The number of nitrogens with zero attached hydrogens (tertiary/aromatic N) is 1. The third-order valence-electron chi connectivity index (χ3n) is 2.68. The molecule has 0 aliphatic carbocycles. The van der Waals surface area contributed by atoms with E-state index in [1.165, 1.54) is 16.7 Å². The van der Waals surface area contributed by atoms with Gasteiger partial charge in [0.05, 0.1) is 6.07 Å². The smallest absolute Gasteiger partial charge is 0.221 e. The Bertz CT molecular complexity index is 432. The van der Waals surface area contributed by atoms with Crippen LogP contribution < -0.4 is 5.32 Å². The normalized spacial score (nSPS) is 9.71. The largest absolute Gasteiger partial charge is 0.356 e. The summed E-state index contributed by atoms with van der Waals surface area (Å²) in [6.07, 6.45) is 1.42. The van der Waals surface area contributed by atoms with Gasteiger partial charge in [-0.25, -0.2) is 0 Å². The molecule has 1 amide bonds. The maximum atomic E-state index is 11.3. The van der Waals surface area contributed by atoms with Crippen LogP contribution in [0.1, 0.15) is 29.5 Å². The lowest BCUT2D eigenvalue weighted by atomic mass is 10.0. The number of amides is 1. The van der Waals surface area contributed by atoms with E-state index in [0.717, 1.165) is 6.42 Å². The van der Waals surface area contributed by atoms with Crippen molar-refractivity contribution >= 4 is 5.91 Å². The third kappa shape index (κ3) is 4.69. The summed E-state index contributed by atoms with van der Waals surface area (Å²) >= 11 is 0. The van der Waals surface area contributed by atoms with Crippen molar-refractivity contribution in [3.05, 3.63) is 34.9 Å². The summed E-state index contributed by atoms with van der Waals surface area (Å²) < 4.78 is 0. The van der Waals surface area contributed by atoms with Crippen LogP contribution in [-0.4, -0.2) is 12.5 Å². The molecule has 0 unspecified atom stereocenters. The zero-order valence-corrected chi connectivity index (χ0v) is 10.4. The van der Waals surface area contributed by atoms with Crippen LogP contribution in [0.5, 0.6) is 0 Å². The molecule has 1 N–H and O–H groups in total. The third-order valence-corrected chi connectivity index (χ3v) is 2.68. The number of carbonyl (C=O) groups is 1. The Morgan fingerprint density at radius 1 is 1.41 bits per heavy atom. The van der Waals surface area contributed by atoms with Gasteiger partial charge in [0.1, 0.15) is 0 Å². The van der Waals surface area contributed by atoms with Crippen molar-refractivity contribution < 1.29 is 4.79 Å². The number of nitriles is 1. The van der Waals surface area contributed by atoms with Crippen LogP contribution in [0.2, 0.25) is 0 Å². The van der Waals surface area contributed by atoms with Gasteiger partial charge in [0.15, 0.2) is 0 Å². The minimum Gasteiger partial charge on any atom is -0.356 e. The van der Waals surface area contributed by atoms with E-state index in [9.17, 15) is 4.79 Å². The van der Waals surface area contributed by atoms with Crippen LogP contribution in [0, 0.1) is 25.2 Å². The summed E-state index contributed by atoms with van der Waals surface area (Å²) in [5.74, 6) is -0.0451. The molecule has 0 aliphatic heterocycles. The average Bonchev–Trinajstić information content (AvgIpc) is 2.29. The first-order valence-electron chi connectivity index (χ1n) is 5.83. The first-order valence-corrected chi connectivity index (χ1v) is 5.83. The molecule has 0 aliphatic rings. The number of aryl methyl sites for hydroxylation is 2. The topological polar surface area (TPSA) is 52.9 Å². The molecular formula is C14H18N2O. The van der Waals surface area contributed by atoms with Crippen molar-refractivity contribution in [1.82, 2.24) is 5.32 Å². The number of benzene rings is 1. The van der Waals surface area contributed by atoms with Crippen molar-refractivity contribution in [3.63, 3.8) is 0 Å². The van der Waals surface area contributed by atoms with E-state index in [-0.39, 0.29) is 12.3 Å². The molecule has 0 bridgehead atoms. The summed E-state index contributed by atoms with van der Waals surface area (Å²) in [5, 5.41) is 11.2. The number of hydrogen-bond acceptors (Lipinski definition) is 2. The highest BCUT2D eigenvalue weighted by molar-refractivity contribution is 5.76. The van der Waals surface area contributed by atoms with Crippen molar-refractivity contribution in [2.75, 3.05) is 6.54 Å². The molecule has 3 nitrogen and oxygen atoms in total. The molecule has 0 spiro atoms. The maximum absolute atomic E-state index is 11.3. The second kappa shape index (κ2) is 6.70. The minimum absolute atomic E-state index is 0.0451. The van der Waals surface area contributed by atoms with Crippen LogP contribution in [-0.2, 0) is 11.2 Å². The summed E-state index contributed by atoms with van der Waals surface area (Å²) in [6, 6.07) is 8.29. The second-order valence-corrected chi connectivity index (χ2v) is 4.19. The first-order chi connectivity index (χ1) is 8.13. The van der Waals surface area contributed by atoms with Crippen LogP contribution in [0.3, 0.4) is 0 Å².